The summed E-state index contributed by atoms with van der Waals surface area (Å²) in [5.41, 5.74) is 2.64. The van der Waals surface area contributed by atoms with E-state index in [2.05, 4.69) is 0 Å². The largest absolute Gasteiger partial charge is 0.387 e. The van der Waals surface area contributed by atoms with Crippen molar-refractivity contribution in [3.8, 4) is 0 Å². The van der Waals surface area contributed by atoms with Crippen molar-refractivity contribution in [3.05, 3.63) is 108 Å². The smallest absolute Gasteiger partial charge is 0.351 e. The number of benzene rings is 3. The van der Waals surface area contributed by atoms with Gasteiger partial charge >= 0.3 is 7.60 Å². The van der Waals surface area contributed by atoms with Gasteiger partial charge in [-0.05, 0) is 16.7 Å². The van der Waals surface area contributed by atoms with Crippen molar-refractivity contribution in [2.75, 3.05) is 20.8 Å². The molecule has 0 aliphatic carbocycles. The minimum atomic E-state index is -3.54. The highest BCUT2D eigenvalue weighted by Gasteiger charge is 2.40. The quantitative estimate of drug-likeness (QED) is 0.440. The van der Waals surface area contributed by atoms with Crippen molar-refractivity contribution in [3.63, 3.8) is 0 Å². The lowest BCUT2D eigenvalue weighted by molar-refractivity contribution is 0.0900. The van der Waals surface area contributed by atoms with Gasteiger partial charge in [-0.3, -0.25) is 9.46 Å². The van der Waals surface area contributed by atoms with E-state index in [1.807, 2.05) is 95.9 Å². The molecule has 0 saturated carbocycles. The Hall–Kier alpha value is -2.27. The van der Waals surface area contributed by atoms with E-state index < -0.39 is 19.5 Å². The van der Waals surface area contributed by atoms with Crippen LogP contribution in [-0.4, -0.2) is 30.8 Å². The van der Waals surface area contributed by atoms with Crippen LogP contribution in [-0.2, 0) is 20.2 Å². The first-order chi connectivity index (χ1) is 14.6. The standard InChI is InChI=1S/C24H28NO4P/c1-28-30(27,29-2)24(22-16-10-5-11-17-22)25(18-20-12-6-3-7-13-20)19-23(26)21-14-8-4-9-15-21/h3-17,23-24,26H,18-19H2,1-2H3/t23-,24+/m0/s1. The molecule has 0 saturated heterocycles. The number of aliphatic hydroxyl groups excluding tert-OH is 1. The van der Waals surface area contributed by atoms with E-state index >= 15 is 0 Å². The lowest BCUT2D eigenvalue weighted by atomic mass is 10.1. The van der Waals surface area contributed by atoms with Crippen LogP contribution in [0.5, 0.6) is 0 Å². The Bertz CT molecular complexity index is 929. The van der Waals surface area contributed by atoms with Gasteiger partial charge in [0.25, 0.3) is 0 Å². The van der Waals surface area contributed by atoms with Crippen molar-refractivity contribution in [2.45, 2.75) is 18.4 Å². The third-order valence-electron chi connectivity index (χ3n) is 5.07. The van der Waals surface area contributed by atoms with Gasteiger partial charge in [-0.2, -0.15) is 0 Å². The summed E-state index contributed by atoms with van der Waals surface area (Å²) >= 11 is 0. The van der Waals surface area contributed by atoms with Crippen LogP contribution in [0.3, 0.4) is 0 Å². The molecule has 0 bridgehead atoms. The van der Waals surface area contributed by atoms with Gasteiger partial charge in [0.15, 0.2) is 0 Å². The van der Waals surface area contributed by atoms with Crippen LogP contribution in [0.15, 0.2) is 91.0 Å². The third kappa shape index (κ3) is 5.45. The number of nitrogens with zero attached hydrogens (tertiary/aromatic N) is 1. The summed E-state index contributed by atoms with van der Waals surface area (Å²) in [6, 6.07) is 28.9. The molecule has 2 atom stereocenters. The zero-order chi connectivity index (χ0) is 21.4. The molecular weight excluding hydrogens is 397 g/mol. The normalized spacial score (nSPS) is 13.9. The van der Waals surface area contributed by atoms with Gasteiger partial charge in [-0.25, -0.2) is 0 Å². The van der Waals surface area contributed by atoms with E-state index in [1.54, 1.807) is 0 Å². The predicted octanol–water partition coefficient (Wildman–Crippen LogP) is 5.41. The fourth-order valence-electron chi connectivity index (χ4n) is 3.56. The summed E-state index contributed by atoms with van der Waals surface area (Å²) in [5.74, 6) is -0.674. The number of hydrogen-bond donors (Lipinski definition) is 1. The summed E-state index contributed by atoms with van der Waals surface area (Å²) in [6.45, 7) is 0.732. The fourth-order valence-corrected chi connectivity index (χ4v) is 5.23. The Morgan fingerprint density at radius 2 is 1.27 bits per heavy atom. The molecule has 0 fully saturated rings. The minimum Gasteiger partial charge on any atom is -0.387 e. The van der Waals surface area contributed by atoms with Gasteiger partial charge in [-0.15, -0.1) is 0 Å². The molecule has 158 valence electrons. The van der Waals surface area contributed by atoms with Gasteiger partial charge in [0.1, 0.15) is 5.78 Å². The Morgan fingerprint density at radius 1 is 0.800 bits per heavy atom. The first kappa shape index (κ1) is 22.4. The Kier molecular flexibility index (Phi) is 7.97. The topological polar surface area (TPSA) is 59.0 Å². The molecule has 0 aliphatic heterocycles. The molecule has 3 rings (SSSR count). The number of rotatable bonds is 10. The van der Waals surface area contributed by atoms with Crippen molar-refractivity contribution < 1.29 is 18.7 Å². The fraction of sp³-hybridized carbons (Fsp3) is 0.250. The van der Waals surface area contributed by atoms with Crippen LogP contribution in [0.2, 0.25) is 0 Å². The summed E-state index contributed by atoms with van der Waals surface area (Å²) in [5, 5.41) is 11.0. The zero-order valence-corrected chi connectivity index (χ0v) is 18.2. The van der Waals surface area contributed by atoms with Gasteiger partial charge < -0.3 is 14.2 Å². The summed E-state index contributed by atoms with van der Waals surface area (Å²) in [6.07, 6.45) is -0.761. The van der Waals surface area contributed by atoms with Gasteiger partial charge in [0, 0.05) is 27.3 Å². The second-order valence-electron chi connectivity index (χ2n) is 7.03. The highest BCUT2D eigenvalue weighted by molar-refractivity contribution is 7.54. The molecule has 0 spiro atoms. The molecule has 0 aromatic heterocycles. The van der Waals surface area contributed by atoms with Gasteiger partial charge in [0.05, 0.1) is 6.10 Å². The van der Waals surface area contributed by atoms with Crippen LogP contribution >= 0.6 is 7.60 Å². The van der Waals surface area contributed by atoms with Crippen molar-refractivity contribution in [1.29, 1.82) is 0 Å². The van der Waals surface area contributed by atoms with Crippen LogP contribution in [0, 0.1) is 0 Å². The molecule has 0 amide bonds. The summed E-state index contributed by atoms with van der Waals surface area (Å²) < 4.78 is 24.5. The lowest BCUT2D eigenvalue weighted by Gasteiger charge is -2.36. The molecular formula is C24H28NO4P. The van der Waals surface area contributed by atoms with Gasteiger partial charge in [0.2, 0.25) is 0 Å². The molecule has 5 nitrogen and oxygen atoms in total. The Labute approximate surface area is 178 Å². The summed E-state index contributed by atoms with van der Waals surface area (Å²) in [4.78, 5) is 1.97. The van der Waals surface area contributed by atoms with Crippen LogP contribution in [0.1, 0.15) is 28.6 Å². The Balaban J connectivity index is 2.03. The molecule has 30 heavy (non-hydrogen) atoms. The lowest BCUT2D eigenvalue weighted by Crippen LogP contribution is -2.33. The minimum absolute atomic E-state index is 0.259. The third-order valence-corrected chi connectivity index (χ3v) is 7.31. The maximum atomic E-state index is 13.6. The van der Waals surface area contributed by atoms with E-state index in [0.29, 0.717) is 6.54 Å². The number of aliphatic hydroxyl groups is 1. The first-order valence-electron chi connectivity index (χ1n) is 9.84. The van der Waals surface area contributed by atoms with Crippen LogP contribution in [0.25, 0.3) is 0 Å². The number of hydrogen-bond acceptors (Lipinski definition) is 5. The monoisotopic (exact) mass is 425 g/mol. The van der Waals surface area contributed by atoms with Crippen molar-refractivity contribution >= 4 is 7.60 Å². The molecule has 1 N–H and O–H groups in total. The summed E-state index contributed by atoms with van der Waals surface area (Å²) in [7, 11) is -0.745. The molecule has 0 heterocycles. The maximum Gasteiger partial charge on any atom is 0.351 e. The first-order valence-corrected chi connectivity index (χ1v) is 11.5. The predicted molar refractivity (Wildman–Crippen MR) is 119 cm³/mol. The highest BCUT2D eigenvalue weighted by Crippen LogP contribution is 2.61. The molecule has 3 aromatic carbocycles. The Morgan fingerprint density at radius 3 is 1.77 bits per heavy atom. The zero-order valence-electron chi connectivity index (χ0n) is 17.3. The van der Waals surface area contributed by atoms with Crippen molar-refractivity contribution in [2.24, 2.45) is 0 Å². The van der Waals surface area contributed by atoms with Crippen LogP contribution < -0.4 is 0 Å². The van der Waals surface area contributed by atoms with E-state index in [9.17, 15) is 9.67 Å². The van der Waals surface area contributed by atoms with Gasteiger partial charge in [-0.1, -0.05) is 91.0 Å². The molecule has 0 radical (unpaired) electrons. The second-order valence-corrected chi connectivity index (χ2v) is 9.33. The average molecular weight is 425 g/mol. The van der Waals surface area contributed by atoms with Crippen LogP contribution in [0.4, 0.5) is 0 Å². The molecule has 6 heteroatoms. The maximum absolute atomic E-state index is 13.6. The van der Waals surface area contributed by atoms with Crippen molar-refractivity contribution in [1.82, 2.24) is 4.90 Å². The molecule has 0 aliphatic rings. The second kappa shape index (κ2) is 10.7. The SMILES string of the molecule is COP(=O)(OC)[C@H](c1ccccc1)N(Cc1ccccc1)C[C@H](O)c1ccccc1. The van der Waals surface area contributed by atoms with E-state index in [0.717, 1.165) is 16.7 Å². The van der Waals surface area contributed by atoms with E-state index in [-0.39, 0.29) is 6.54 Å². The highest BCUT2D eigenvalue weighted by atomic mass is 31.2. The average Bonchev–Trinajstić information content (AvgIpc) is 2.81. The molecule has 3 aromatic rings. The van der Waals surface area contributed by atoms with E-state index in [4.69, 9.17) is 9.05 Å². The van der Waals surface area contributed by atoms with E-state index in [1.165, 1.54) is 14.2 Å². The molecule has 0 unspecified atom stereocenters.